The lowest BCUT2D eigenvalue weighted by Gasteiger charge is -2.30. The summed E-state index contributed by atoms with van der Waals surface area (Å²) in [4.78, 5) is 25.3. The van der Waals surface area contributed by atoms with Crippen LogP contribution in [0.25, 0.3) is 0 Å². The molecule has 3 N–H and O–H groups in total. The Kier molecular flexibility index (Phi) is 3.57. The second kappa shape index (κ2) is 5.03. The molecule has 1 aliphatic heterocycles. The number of hydrogen-bond donors (Lipinski definition) is 2. The van der Waals surface area contributed by atoms with E-state index in [4.69, 9.17) is 10.5 Å². The number of rotatable bonds is 2. The average Bonchev–Trinajstić information content (AvgIpc) is 2.30. The van der Waals surface area contributed by atoms with E-state index in [9.17, 15) is 9.59 Å². The molecule has 0 aliphatic carbocycles. The van der Waals surface area contributed by atoms with Crippen LogP contribution in [-0.4, -0.2) is 30.5 Å². The van der Waals surface area contributed by atoms with Crippen molar-refractivity contribution in [1.29, 1.82) is 0 Å². The first-order valence-corrected chi connectivity index (χ1v) is 6.40. The molecule has 6 nitrogen and oxygen atoms in total. The van der Waals surface area contributed by atoms with Gasteiger partial charge in [0, 0.05) is 17.3 Å². The Morgan fingerprint density at radius 2 is 2.15 bits per heavy atom. The summed E-state index contributed by atoms with van der Waals surface area (Å²) in [5.74, 6) is 0.0648. The SMILES string of the molecule is CC(C)(C)NC(=O)CN1C(=O)COc2cc(N)ccc21. The third-order valence-electron chi connectivity index (χ3n) is 2.74. The van der Waals surface area contributed by atoms with Gasteiger partial charge in [0.05, 0.1) is 5.69 Å². The van der Waals surface area contributed by atoms with Crippen LogP contribution in [0.3, 0.4) is 0 Å². The molecule has 2 amide bonds. The van der Waals surface area contributed by atoms with Crippen molar-refractivity contribution < 1.29 is 14.3 Å². The van der Waals surface area contributed by atoms with Gasteiger partial charge in [-0.05, 0) is 32.9 Å². The average molecular weight is 277 g/mol. The topological polar surface area (TPSA) is 84.7 Å². The van der Waals surface area contributed by atoms with Gasteiger partial charge in [0.25, 0.3) is 5.91 Å². The molecule has 0 bridgehead atoms. The van der Waals surface area contributed by atoms with Crippen molar-refractivity contribution in [3.05, 3.63) is 18.2 Å². The predicted octanol–water partition coefficient (Wildman–Crippen LogP) is 0.909. The summed E-state index contributed by atoms with van der Waals surface area (Å²) >= 11 is 0. The third kappa shape index (κ3) is 3.20. The summed E-state index contributed by atoms with van der Waals surface area (Å²) in [6.07, 6.45) is 0. The smallest absolute Gasteiger partial charge is 0.265 e. The van der Waals surface area contributed by atoms with Crippen LogP contribution in [-0.2, 0) is 9.59 Å². The van der Waals surface area contributed by atoms with Crippen LogP contribution < -0.4 is 20.7 Å². The van der Waals surface area contributed by atoms with E-state index >= 15 is 0 Å². The van der Waals surface area contributed by atoms with Crippen molar-refractivity contribution in [3.63, 3.8) is 0 Å². The maximum atomic E-state index is 12.0. The Bertz CT molecular complexity index is 549. The molecule has 0 spiro atoms. The molecule has 2 rings (SSSR count). The van der Waals surface area contributed by atoms with Gasteiger partial charge in [-0.25, -0.2) is 0 Å². The molecule has 0 saturated heterocycles. The molecule has 0 unspecified atom stereocenters. The molecule has 1 aliphatic rings. The van der Waals surface area contributed by atoms with Gasteiger partial charge < -0.3 is 15.8 Å². The maximum absolute atomic E-state index is 12.0. The Hall–Kier alpha value is -2.24. The van der Waals surface area contributed by atoms with Crippen LogP contribution >= 0.6 is 0 Å². The number of fused-ring (bicyclic) bond motifs is 1. The molecule has 0 saturated carbocycles. The summed E-state index contributed by atoms with van der Waals surface area (Å²) in [5, 5.41) is 2.83. The van der Waals surface area contributed by atoms with Crippen LogP contribution in [0.4, 0.5) is 11.4 Å². The predicted molar refractivity (Wildman–Crippen MR) is 76.6 cm³/mol. The number of anilines is 2. The van der Waals surface area contributed by atoms with E-state index in [1.807, 2.05) is 20.8 Å². The number of benzene rings is 1. The summed E-state index contributed by atoms with van der Waals surface area (Å²) in [6, 6.07) is 5.01. The van der Waals surface area contributed by atoms with E-state index in [0.717, 1.165) is 0 Å². The lowest BCUT2D eigenvalue weighted by molar-refractivity contribution is -0.126. The Balaban J connectivity index is 2.20. The molecular weight excluding hydrogens is 258 g/mol. The highest BCUT2D eigenvalue weighted by molar-refractivity contribution is 6.02. The minimum absolute atomic E-state index is 0.0314. The number of nitrogen functional groups attached to an aromatic ring is 1. The summed E-state index contributed by atoms with van der Waals surface area (Å²) < 4.78 is 5.33. The normalized spacial score (nSPS) is 14.6. The molecule has 0 radical (unpaired) electrons. The van der Waals surface area contributed by atoms with E-state index in [2.05, 4.69) is 5.32 Å². The molecule has 0 fully saturated rings. The zero-order valence-corrected chi connectivity index (χ0v) is 11.9. The highest BCUT2D eigenvalue weighted by Crippen LogP contribution is 2.33. The fourth-order valence-corrected chi connectivity index (χ4v) is 2.00. The first kappa shape index (κ1) is 14.2. The van der Waals surface area contributed by atoms with Gasteiger partial charge >= 0.3 is 0 Å². The zero-order chi connectivity index (χ0) is 14.9. The molecule has 0 aromatic heterocycles. The summed E-state index contributed by atoms with van der Waals surface area (Å²) in [6.45, 7) is 5.55. The van der Waals surface area contributed by atoms with Gasteiger partial charge in [-0.15, -0.1) is 0 Å². The quantitative estimate of drug-likeness (QED) is 0.787. The first-order valence-electron chi connectivity index (χ1n) is 6.40. The third-order valence-corrected chi connectivity index (χ3v) is 2.74. The lowest BCUT2D eigenvalue weighted by atomic mass is 10.1. The van der Waals surface area contributed by atoms with Crippen LogP contribution in [0.5, 0.6) is 5.75 Å². The van der Waals surface area contributed by atoms with Crippen molar-refractivity contribution in [3.8, 4) is 5.75 Å². The second-order valence-corrected chi connectivity index (χ2v) is 5.79. The van der Waals surface area contributed by atoms with E-state index in [-0.39, 0.29) is 30.5 Å². The molecule has 1 aromatic carbocycles. The van der Waals surface area contributed by atoms with Crippen molar-refractivity contribution >= 4 is 23.2 Å². The molecule has 20 heavy (non-hydrogen) atoms. The molecule has 1 heterocycles. The van der Waals surface area contributed by atoms with E-state index in [0.29, 0.717) is 17.1 Å². The number of nitrogens with two attached hydrogens (primary N) is 1. The van der Waals surface area contributed by atoms with Gasteiger partial charge in [0.2, 0.25) is 5.91 Å². The molecule has 0 atom stereocenters. The number of nitrogens with one attached hydrogen (secondary N) is 1. The number of carbonyl (C=O) groups excluding carboxylic acids is 2. The van der Waals surface area contributed by atoms with E-state index < -0.39 is 0 Å². The van der Waals surface area contributed by atoms with Crippen molar-refractivity contribution in [2.45, 2.75) is 26.3 Å². The molecular formula is C14H19N3O3. The number of ether oxygens (including phenoxy) is 1. The zero-order valence-electron chi connectivity index (χ0n) is 11.9. The minimum atomic E-state index is -0.337. The fraction of sp³-hybridized carbons (Fsp3) is 0.429. The number of nitrogens with zero attached hydrogens (tertiary/aromatic N) is 1. The van der Waals surface area contributed by atoms with Crippen molar-refractivity contribution in [2.24, 2.45) is 0 Å². The second-order valence-electron chi connectivity index (χ2n) is 5.79. The van der Waals surface area contributed by atoms with Crippen LogP contribution in [0.15, 0.2) is 18.2 Å². The van der Waals surface area contributed by atoms with Crippen LogP contribution in [0.2, 0.25) is 0 Å². The molecule has 108 valence electrons. The fourth-order valence-electron chi connectivity index (χ4n) is 2.00. The summed E-state index contributed by atoms with van der Waals surface area (Å²) in [5.41, 5.74) is 6.47. The number of hydrogen-bond acceptors (Lipinski definition) is 4. The first-order chi connectivity index (χ1) is 9.26. The maximum Gasteiger partial charge on any atom is 0.265 e. The van der Waals surface area contributed by atoms with Crippen LogP contribution in [0.1, 0.15) is 20.8 Å². The van der Waals surface area contributed by atoms with Gasteiger partial charge in [-0.1, -0.05) is 0 Å². The number of carbonyl (C=O) groups is 2. The monoisotopic (exact) mass is 277 g/mol. The highest BCUT2D eigenvalue weighted by Gasteiger charge is 2.28. The minimum Gasteiger partial charge on any atom is -0.481 e. The Labute approximate surface area is 117 Å². The van der Waals surface area contributed by atoms with Gasteiger partial charge in [-0.3, -0.25) is 14.5 Å². The largest absolute Gasteiger partial charge is 0.481 e. The molecule has 6 heteroatoms. The Morgan fingerprint density at radius 3 is 2.80 bits per heavy atom. The van der Waals surface area contributed by atoms with Gasteiger partial charge in [0.1, 0.15) is 12.3 Å². The van der Waals surface area contributed by atoms with Crippen molar-refractivity contribution in [1.82, 2.24) is 5.32 Å². The summed E-state index contributed by atoms with van der Waals surface area (Å²) in [7, 11) is 0. The Morgan fingerprint density at radius 1 is 1.45 bits per heavy atom. The van der Waals surface area contributed by atoms with Crippen LogP contribution in [0, 0.1) is 0 Å². The van der Waals surface area contributed by atoms with Gasteiger partial charge in [-0.2, -0.15) is 0 Å². The standard InChI is InChI=1S/C14H19N3O3/c1-14(2,3)16-12(18)7-17-10-5-4-9(15)6-11(10)20-8-13(17)19/h4-6H,7-8,15H2,1-3H3,(H,16,18). The van der Waals surface area contributed by atoms with E-state index in [1.165, 1.54) is 4.90 Å². The number of amides is 2. The lowest BCUT2D eigenvalue weighted by Crippen LogP contribution is -2.49. The van der Waals surface area contributed by atoms with Crippen molar-refractivity contribution in [2.75, 3.05) is 23.8 Å². The highest BCUT2D eigenvalue weighted by atomic mass is 16.5. The van der Waals surface area contributed by atoms with Gasteiger partial charge in [0.15, 0.2) is 6.61 Å². The molecule has 1 aromatic rings. The van der Waals surface area contributed by atoms with E-state index in [1.54, 1.807) is 18.2 Å².